The van der Waals surface area contributed by atoms with E-state index in [0.717, 1.165) is 22.7 Å². The van der Waals surface area contributed by atoms with Crippen molar-refractivity contribution in [1.29, 1.82) is 0 Å². The van der Waals surface area contributed by atoms with Crippen LogP contribution in [0.4, 0.5) is 19.0 Å². The van der Waals surface area contributed by atoms with E-state index in [4.69, 9.17) is 0 Å². The zero-order chi connectivity index (χ0) is 26.2. The quantitative estimate of drug-likeness (QED) is 0.283. The Kier molecular flexibility index (Phi) is 6.57. The number of halogens is 3. The molecule has 0 bridgehead atoms. The van der Waals surface area contributed by atoms with Crippen molar-refractivity contribution in [1.82, 2.24) is 15.2 Å². The molecule has 3 heterocycles. The van der Waals surface area contributed by atoms with E-state index >= 15 is 0 Å². The van der Waals surface area contributed by atoms with Crippen LogP contribution < -0.4 is 9.64 Å². The molecular formula is C25H21F3N4O4. The van der Waals surface area contributed by atoms with Crippen LogP contribution in [0.3, 0.4) is 0 Å². The lowest BCUT2D eigenvalue weighted by atomic mass is 9.86. The van der Waals surface area contributed by atoms with E-state index in [1.54, 1.807) is 37.3 Å². The molecule has 2 aromatic heterocycles. The zero-order valence-corrected chi connectivity index (χ0v) is 19.5. The van der Waals surface area contributed by atoms with Gasteiger partial charge in [-0.3, -0.25) is 19.3 Å². The highest BCUT2D eigenvalue weighted by Crippen LogP contribution is 2.40. The Balaban J connectivity index is 1.78. The van der Waals surface area contributed by atoms with Crippen molar-refractivity contribution in [3.05, 3.63) is 77.1 Å². The molecule has 1 unspecified atom stereocenters. The van der Waals surface area contributed by atoms with Crippen LogP contribution in [0.1, 0.15) is 53.0 Å². The number of aromatic nitrogens is 3. The third kappa shape index (κ3) is 4.95. The van der Waals surface area contributed by atoms with Gasteiger partial charge in [0.05, 0.1) is 11.7 Å². The van der Waals surface area contributed by atoms with Gasteiger partial charge in [0, 0.05) is 17.8 Å². The van der Waals surface area contributed by atoms with Crippen LogP contribution in [-0.4, -0.2) is 39.0 Å². The third-order valence-electron chi connectivity index (χ3n) is 5.80. The fourth-order valence-electron chi connectivity index (χ4n) is 4.00. The summed E-state index contributed by atoms with van der Waals surface area (Å²) in [5, 5.41) is 7.90. The summed E-state index contributed by atoms with van der Waals surface area (Å²) in [5.74, 6) is -4.51. The number of ketones is 2. The van der Waals surface area contributed by atoms with Gasteiger partial charge in [-0.2, -0.15) is 5.10 Å². The number of anilines is 1. The number of benzene rings is 1. The van der Waals surface area contributed by atoms with Crippen LogP contribution in [0.15, 0.2) is 54.7 Å². The number of ether oxygens (including phenoxy) is 1. The molecule has 186 valence electrons. The fourth-order valence-corrected chi connectivity index (χ4v) is 4.00. The monoisotopic (exact) mass is 498 g/mol. The second-order valence-electron chi connectivity index (χ2n) is 8.61. The topological polar surface area (TPSA) is 102 Å². The number of hydrogen-bond donors (Lipinski definition) is 0. The SMILES string of the molecule is Cc1ccc(N2C(=O)C(=O)C(C(=O)c3ccc(C(C)C)cc3)[C@@H]2c2ccc(OC(F)(F)F)nc2)nn1. The van der Waals surface area contributed by atoms with Crippen LogP contribution in [0.25, 0.3) is 0 Å². The molecule has 8 nitrogen and oxygen atoms in total. The van der Waals surface area contributed by atoms with Gasteiger partial charge in [-0.25, -0.2) is 4.98 Å². The maximum Gasteiger partial charge on any atom is 0.574 e. The van der Waals surface area contributed by atoms with Crippen molar-refractivity contribution in [3.8, 4) is 5.88 Å². The second kappa shape index (κ2) is 9.48. The molecule has 1 aliphatic rings. The molecule has 2 atom stereocenters. The molecular weight excluding hydrogens is 477 g/mol. The molecule has 36 heavy (non-hydrogen) atoms. The maximum absolute atomic E-state index is 13.5. The summed E-state index contributed by atoms with van der Waals surface area (Å²) in [7, 11) is 0. The summed E-state index contributed by atoms with van der Waals surface area (Å²) in [4.78, 5) is 44.4. The Morgan fingerprint density at radius 2 is 1.69 bits per heavy atom. The molecule has 0 radical (unpaired) electrons. The predicted molar refractivity (Wildman–Crippen MR) is 121 cm³/mol. The van der Waals surface area contributed by atoms with E-state index in [1.807, 2.05) is 13.8 Å². The van der Waals surface area contributed by atoms with Gasteiger partial charge >= 0.3 is 6.36 Å². The van der Waals surface area contributed by atoms with Crippen LogP contribution in [0, 0.1) is 12.8 Å². The molecule has 3 aromatic rings. The number of carbonyl (C=O) groups excluding carboxylic acids is 3. The Morgan fingerprint density at radius 1 is 1.00 bits per heavy atom. The number of rotatable bonds is 6. The number of pyridine rings is 1. The largest absolute Gasteiger partial charge is 0.574 e. The average Bonchev–Trinajstić information content (AvgIpc) is 3.09. The molecule has 1 amide bonds. The standard InChI is InChI=1S/C25H21F3N4O4/c1-13(2)15-5-7-16(8-6-15)22(33)20-21(17-9-11-19(29-12-17)36-25(26,27)28)32(24(35)23(20)34)18-10-4-14(3)30-31-18/h4-13,20-21H,1-3H3/t20?,21-/m0/s1. The van der Waals surface area contributed by atoms with Crippen molar-refractivity contribution in [2.75, 3.05) is 4.90 Å². The first-order valence-corrected chi connectivity index (χ1v) is 11.0. The van der Waals surface area contributed by atoms with Crippen molar-refractivity contribution < 1.29 is 32.3 Å². The van der Waals surface area contributed by atoms with Crippen LogP contribution in [0.5, 0.6) is 5.88 Å². The van der Waals surface area contributed by atoms with Crippen LogP contribution in [-0.2, 0) is 9.59 Å². The number of amides is 1. The minimum atomic E-state index is -4.95. The summed E-state index contributed by atoms with van der Waals surface area (Å²) in [6.45, 7) is 5.67. The van der Waals surface area contributed by atoms with E-state index in [-0.39, 0.29) is 22.9 Å². The van der Waals surface area contributed by atoms with Crippen LogP contribution in [0.2, 0.25) is 0 Å². The minimum absolute atomic E-state index is 0.0185. The molecule has 0 spiro atoms. The predicted octanol–water partition coefficient (Wildman–Crippen LogP) is 4.36. The van der Waals surface area contributed by atoms with Gasteiger partial charge in [0.15, 0.2) is 11.6 Å². The molecule has 4 rings (SSSR count). The van der Waals surface area contributed by atoms with Gasteiger partial charge in [0.1, 0.15) is 5.92 Å². The molecule has 0 N–H and O–H groups in total. The Hall–Kier alpha value is -4.15. The van der Waals surface area contributed by atoms with Crippen molar-refractivity contribution >= 4 is 23.3 Å². The first-order chi connectivity index (χ1) is 17.0. The Bertz CT molecular complexity index is 1290. The molecule has 11 heteroatoms. The number of aryl methyl sites for hydroxylation is 1. The first-order valence-electron chi connectivity index (χ1n) is 11.0. The smallest absolute Gasteiger partial charge is 0.388 e. The Labute approximate surface area is 204 Å². The third-order valence-corrected chi connectivity index (χ3v) is 5.80. The average molecular weight is 498 g/mol. The fraction of sp³-hybridized carbons (Fsp3) is 0.280. The zero-order valence-electron chi connectivity index (χ0n) is 19.5. The Morgan fingerprint density at radius 3 is 2.22 bits per heavy atom. The molecule has 1 aromatic carbocycles. The van der Waals surface area contributed by atoms with E-state index in [1.165, 1.54) is 12.1 Å². The summed E-state index contributed by atoms with van der Waals surface area (Å²) in [5.41, 5.74) is 1.92. The van der Waals surface area contributed by atoms with Gasteiger partial charge in [0.25, 0.3) is 5.91 Å². The van der Waals surface area contributed by atoms with Crippen molar-refractivity contribution in [2.45, 2.75) is 39.1 Å². The lowest BCUT2D eigenvalue weighted by molar-refractivity contribution is -0.276. The normalized spacial score (nSPS) is 18.1. The van der Waals surface area contributed by atoms with Gasteiger partial charge < -0.3 is 4.74 Å². The highest BCUT2D eigenvalue weighted by Gasteiger charge is 2.53. The summed E-state index contributed by atoms with van der Waals surface area (Å²) in [6, 6.07) is 10.7. The molecule has 1 fully saturated rings. The summed E-state index contributed by atoms with van der Waals surface area (Å²) >= 11 is 0. The van der Waals surface area contributed by atoms with Gasteiger partial charge in [-0.05, 0) is 42.2 Å². The number of hydrogen-bond acceptors (Lipinski definition) is 7. The molecule has 1 aliphatic heterocycles. The number of carbonyl (C=O) groups is 3. The second-order valence-corrected chi connectivity index (χ2v) is 8.61. The van der Waals surface area contributed by atoms with Gasteiger partial charge in [-0.15, -0.1) is 18.3 Å². The maximum atomic E-state index is 13.5. The minimum Gasteiger partial charge on any atom is -0.388 e. The van der Waals surface area contributed by atoms with E-state index in [9.17, 15) is 27.6 Å². The lowest BCUT2D eigenvalue weighted by Gasteiger charge is -2.26. The van der Waals surface area contributed by atoms with Crippen molar-refractivity contribution in [2.24, 2.45) is 5.92 Å². The summed E-state index contributed by atoms with van der Waals surface area (Å²) in [6.07, 6.45) is -3.91. The summed E-state index contributed by atoms with van der Waals surface area (Å²) < 4.78 is 41.5. The number of alkyl halides is 3. The van der Waals surface area contributed by atoms with E-state index in [0.29, 0.717) is 5.69 Å². The first kappa shape index (κ1) is 25.0. The number of Topliss-reactive ketones (excluding diaryl/α,β-unsaturated/α-hetero) is 2. The van der Waals surface area contributed by atoms with Crippen LogP contribution >= 0.6 is 0 Å². The molecule has 0 saturated carbocycles. The van der Waals surface area contributed by atoms with Gasteiger partial charge in [-0.1, -0.05) is 38.1 Å². The molecule has 1 saturated heterocycles. The highest BCUT2D eigenvalue weighted by atomic mass is 19.4. The van der Waals surface area contributed by atoms with Gasteiger partial charge in [0.2, 0.25) is 11.7 Å². The number of nitrogens with zero attached hydrogens (tertiary/aromatic N) is 4. The van der Waals surface area contributed by atoms with Crippen molar-refractivity contribution in [3.63, 3.8) is 0 Å². The highest BCUT2D eigenvalue weighted by molar-refractivity contribution is 6.48. The lowest BCUT2D eigenvalue weighted by Crippen LogP contribution is -2.31. The molecule has 0 aliphatic carbocycles. The van der Waals surface area contributed by atoms with E-state index in [2.05, 4.69) is 19.9 Å². The van der Waals surface area contributed by atoms with E-state index < -0.39 is 41.7 Å².